The quantitative estimate of drug-likeness (QED) is 0.338. The lowest BCUT2D eigenvalue weighted by atomic mass is 10.0. The maximum Gasteiger partial charge on any atom is 0.223 e. The number of hydrogen-bond donors (Lipinski definition) is 1. The van der Waals surface area contributed by atoms with Crippen molar-refractivity contribution in [2.75, 3.05) is 5.32 Å². The first-order valence-electron chi connectivity index (χ1n) is 10.3. The van der Waals surface area contributed by atoms with Crippen LogP contribution in [0.25, 0.3) is 0 Å². The summed E-state index contributed by atoms with van der Waals surface area (Å²) in [4.78, 5) is 10.9. The third kappa shape index (κ3) is 13.0. The van der Waals surface area contributed by atoms with Gasteiger partial charge in [0.15, 0.2) is 0 Å². The van der Waals surface area contributed by atoms with Crippen LogP contribution in [0.15, 0.2) is 0 Å². The fraction of sp³-hybridized carbons (Fsp3) is 0.850. The molecular weight excluding hydrogens is 330 g/mol. The van der Waals surface area contributed by atoms with Gasteiger partial charge in [0, 0.05) is 13.3 Å². The predicted molar refractivity (Wildman–Crippen MR) is 108 cm³/mol. The van der Waals surface area contributed by atoms with E-state index in [-0.39, 0.29) is 5.91 Å². The van der Waals surface area contributed by atoms with Crippen molar-refractivity contribution in [3.05, 3.63) is 5.01 Å². The summed E-state index contributed by atoms with van der Waals surface area (Å²) in [7, 11) is 0. The molecule has 5 heteroatoms. The van der Waals surface area contributed by atoms with Gasteiger partial charge in [-0.15, -0.1) is 10.2 Å². The summed E-state index contributed by atoms with van der Waals surface area (Å²) in [6.45, 7) is 3.77. The van der Waals surface area contributed by atoms with Gasteiger partial charge in [-0.05, 0) is 6.42 Å². The van der Waals surface area contributed by atoms with Gasteiger partial charge in [-0.25, -0.2) is 0 Å². The van der Waals surface area contributed by atoms with Crippen molar-refractivity contribution in [2.45, 2.75) is 110 Å². The molecule has 0 atom stereocenters. The van der Waals surface area contributed by atoms with Crippen molar-refractivity contribution < 1.29 is 4.79 Å². The molecule has 0 fully saturated rings. The zero-order valence-electron chi connectivity index (χ0n) is 16.3. The van der Waals surface area contributed by atoms with Crippen LogP contribution >= 0.6 is 11.3 Å². The summed E-state index contributed by atoms with van der Waals surface area (Å²) < 4.78 is 0. The number of rotatable bonds is 16. The number of aryl methyl sites for hydroxylation is 1. The second kappa shape index (κ2) is 15.3. The lowest BCUT2D eigenvalue weighted by Gasteiger charge is -2.03. The van der Waals surface area contributed by atoms with Crippen molar-refractivity contribution >= 4 is 22.4 Å². The van der Waals surface area contributed by atoms with Gasteiger partial charge in [-0.1, -0.05) is 102 Å². The van der Waals surface area contributed by atoms with E-state index in [2.05, 4.69) is 22.4 Å². The van der Waals surface area contributed by atoms with E-state index in [1.54, 1.807) is 0 Å². The van der Waals surface area contributed by atoms with Crippen molar-refractivity contribution in [3.63, 3.8) is 0 Å². The Hall–Kier alpha value is -0.970. The Labute approximate surface area is 158 Å². The third-order valence-electron chi connectivity index (χ3n) is 4.49. The predicted octanol–water partition coefficient (Wildman–Crippen LogP) is 6.52. The second-order valence-electron chi connectivity index (χ2n) is 7.03. The number of unbranched alkanes of at least 4 members (excludes halogenated alkanes) is 13. The highest BCUT2D eigenvalue weighted by atomic mass is 32.1. The van der Waals surface area contributed by atoms with Gasteiger partial charge in [0.25, 0.3) is 0 Å². The lowest BCUT2D eigenvalue weighted by Crippen LogP contribution is -2.04. The van der Waals surface area contributed by atoms with Crippen LogP contribution < -0.4 is 5.32 Å². The van der Waals surface area contributed by atoms with Crippen LogP contribution in [0, 0.1) is 0 Å². The van der Waals surface area contributed by atoms with E-state index in [4.69, 9.17) is 0 Å². The average Bonchev–Trinajstić information content (AvgIpc) is 3.01. The number of anilines is 1. The van der Waals surface area contributed by atoms with E-state index >= 15 is 0 Å². The topological polar surface area (TPSA) is 54.9 Å². The normalized spacial score (nSPS) is 11.0. The SMILES string of the molecule is CCCCCCCCCCCCCCCCc1nnc(NC(C)=O)s1. The Morgan fingerprint density at radius 1 is 0.800 bits per heavy atom. The fourth-order valence-corrected chi connectivity index (χ4v) is 3.85. The molecule has 0 aliphatic carbocycles. The van der Waals surface area contributed by atoms with Crippen LogP contribution in [0.2, 0.25) is 0 Å². The summed E-state index contributed by atoms with van der Waals surface area (Å²) in [5, 5.41) is 12.4. The Morgan fingerprint density at radius 2 is 1.28 bits per heavy atom. The van der Waals surface area contributed by atoms with E-state index in [9.17, 15) is 4.79 Å². The molecule has 1 rings (SSSR count). The monoisotopic (exact) mass is 367 g/mol. The molecule has 144 valence electrons. The molecule has 1 aromatic heterocycles. The molecule has 0 aliphatic rings. The van der Waals surface area contributed by atoms with Crippen molar-refractivity contribution in [1.29, 1.82) is 0 Å². The molecule has 25 heavy (non-hydrogen) atoms. The van der Waals surface area contributed by atoms with Gasteiger partial charge in [0.2, 0.25) is 11.0 Å². The molecule has 0 bridgehead atoms. The van der Waals surface area contributed by atoms with E-state index in [0.717, 1.165) is 11.4 Å². The highest BCUT2D eigenvalue weighted by Crippen LogP contribution is 2.18. The smallest absolute Gasteiger partial charge is 0.223 e. The number of amides is 1. The van der Waals surface area contributed by atoms with Crippen LogP contribution in [0.1, 0.15) is 109 Å². The molecule has 1 N–H and O–H groups in total. The zero-order chi connectivity index (χ0) is 18.2. The number of carbonyl (C=O) groups is 1. The molecule has 1 heterocycles. The molecule has 1 amide bonds. The Morgan fingerprint density at radius 3 is 1.76 bits per heavy atom. The third-order valence-corrected chi connectivity index (χ3v) is 5.39. The number of aromatic nitrogens is 2. The molecular formula is C20H37N3OS. The molecule has 0 radical (unpaired) electrons. The van der Waals surface area contributed by atoms with Crippen LogP contribution in [-0.2, 0) is 11.2 Å². The van der Waals surface area contributed by atoms with Gasteiger partial charge in [0.05, 0.1) is 0 Å². The Kier molecular flexibility index (Phi) is 13.5. The minimum atomic E-state index is -0.0841. The first kappa shape index (κ1) is 22.1. The van der Waals surface area contributed by atoms with Crippen LogP contribution in [0.3, 0.4) is 0 Å². The molecule has 0 aromatic carbocycles. The van der Waals surface area contributed by atoms with E-state index in [1.165, 1.54) is 108 Å². The van der Waals surface area contributed by atoms with Crippen molar-refractivity contribution in [3.8, 4) is 0 Å². The first-order chi connectivity index (χ1) is 12.2. The van der Waals surface area contributed by atoms with Gasteiger partial charge >= 0.3 is 0 Å². The first-order valence-corrected chi connectivity index (χ1v) is 11.1. The molecule has 1 aromatic rings. The maximum atomic E-state index is 10.9. The Bertz CT molecular complexity index is 448. The van der Waals surface area contributed by atoms with Crippen LogP contribution in [-0.4, -0.2) is 16.1 Å². The minimum absolute atomic E-state index is 0.0841. The van der Waals surface area contributed by atoms with Gasteiger partial charge < -0.3 is 5.32 Å². The minimum Gasteiger partial charge on any atom is -0.301 e. The summed E-state index contributed by atoms with van der Waals surface area (Å²) >= 11 is 1.49. The van der Waals surface area contributed by atoms with E-state index in [1.807, 2.05) is 0 Å². The van der Waals surface area contributed by atoms with Crippen LogP contribution in [0.4, 0.5) is 5.13 Å². The maximum absolute atomic E-state index is 10.9. The lowest BCUT2D eigenvalue weighted by molar-refractivity contribution is -0.114. The summed E-state index contributed by atoms with van der Waals surface area (Å²) in [5.74, 6) is -0.0841. The zero-order valence-corrected chi connectivity index (χ0v) is 17.1. The largest absolute Gasteiger partial charge is 0.301 e. The second-order valence-corrected chi connectivity index (χ2v) is 8.09. The number of nitrogens with zero attached hydrogens (tertiary/aromatic N) is 2. The molecule has 0 unspecified atom stereocenters. The molecule has 0 saturated carbocycles. The van der Waals surface area contributed by atoms with Crippen molar-refractivity contribution in [1.82, 2.24) is 10.2 Å². The number of carbonyl (C=O) groups excluding carboxylic acids is 1. The molecule has 0 spiro atoms. The highest BCUT2D eigenvalue weighted by molar-refractivity contribution is 7.15. The van der Waals surface area contributed by atoms with Gasteiger partial charge in [-0.2, -0.15) is 0 Å². The standard InChI is InChI=1S/C20H37N3OS/c1-3-4-5-6-7-8-9-10-11-12-13-14-15-16-17-19-22-23-20(25-19)21-18(2)24/h3-17H2,1-2H3,(H,21,23,24). The highest BCUT2D eigenvalue weighted by Gasteiger charge is 2.04. The fourth-order valence-electron chi connectivity index (χ4n) is 3.03. The number of hydrogen-bond acceptors (Lipinski definition) is 4. The van der Waals surface area contributed by atoms with Gasteiger partial charge in [-0.3, -0.25) is 4.79 Å². The molecule has 4 nitrogen and oxygen atoms in total. The Balaban J connectivity index is 1.83. The van der Waals surface area contributed by atoms with Crippen LogP contribution in [0.5, 0.6) is 0 Å². The molecule has 0 saturated heterocycles. The van der Waals surface area contributed by atoms with E-state index in [0.29, 0.717) is 5.13 Å². The number of nitrogens with one attached hydrogen (secondary N) is 1. The summed E-state index contributed by atoms with van der Waals surface area (Å²) in [6.07, 6.45) is 20.3. The van der Waals surface area contributed by atoms with Gasteiger partial charge in [0.1, 0.15) is 5.01 Å². The molecule has 0 aliphatic heterocycles. The van der Waals surface area contributed by atoms with Crippen molar-refractivity contribution in [2.24, 2.45) is 0 Å². The average molecular weight is 368 g/mol. The summed E-state index contributed by atoms with van der Waals surface area (Å²) in [6, 6.07) is 0. The summed E-state index contributed by atoms with van der Waals surface area (Å²) in [5.41, 5.74) is 0. The van der Waals surface area contributed by atoms with E-state index < -0.39 is 0 Å².